The minimum atomic E-state index is -0.600. The number of hydrogen-bond donors (Lipinski definition) is 1. The van der Waals surface area contributed by atoms with Crippen LogP contribution < -0.4 is 10.5 Å². The van der Waals surface area contributed by atoms with Crippen LogP contribution in [0, 0.1) is 17.2 Å². The van der Waals surface area contributed by atoms with Gasteiger partial charge in [0.15, 0.2) is 0 Å². The van der Waals surface area contributed by atoms with Gasteiger partial charge in [-0.25, -0.2) is 4.99 Å². The molecule has 0 bridgehead atoms. The van der Waals surface area contributed by atoms with E-state index in [-0.39, 0.29) is 30.3 Å². The Kier molecular flexibility index (Phi) is 4.82. The summed E-state index contributed by atoms with van der Waals surface area (Å²) in [5.74, 6) is 0.928. The van der Waals surface area contributed by atoms with Crippen LogP contribution in [0.2, 0.25) is 0 Å². The molecule has 1 aliphatic carbocycles. The number of benzene rings is 1. The number of ether oxygens (including phenoxy) is 3. The molecule has 1 aromatic carbocycles. The standard InChI is InChI=1S/C24H26N4O3/c1-14(2)30-18-4-6-22-20(9-18)24(13-29-23(26)28-24)19-8-16(3-5-21(19)31-22)17-7-15(10-25)11-27-12-17/h3,5,7-8,11-12,14,18,20,22H,4,6,9,13H2,1-2H3,(H2,26,28)/t18?,20-,22?,24-/m0/s1. The monoisotopic (exact) mass is 418 g/mol. The first-order valence-corrected chi connectivity index (χ1v) is 10.8. The van der Waals surface area contributed by atoms with E-state index in [0.29, 0.717) is 12.2 Å². The van der Waals surface area contributed by atoms with Crippen molar-refractivity contribution >= 4 is 6.02 Å². The largest absolute Gasteiger partial charge is 0.490 e. The molecule has 31 heavy (non-hydrogen) atoms. The van der Waals surface area contributed by atoms with Crippen molar-refractivity contribution in [1.29, 1.82) is 5.26 Å². The fourth-order valence-corrected chi connectivity index (χ4v) is 5.20. The predicted molar refractivity (Wildman–Crippen MR) is 115 cm³/mol. The van der Waals surface area contributed by atoms with Gasteiger partial charge in [0.2, 0.25) is 0 Å². The van der Waals surface area contributed by atoms with E-state index < -0.39 is 5.54 Å². The molecular formula is C24H26N4O3. The van der Waals surface area contributed by atoms with E-state index in [9.17, 15) is 5.26 Å². The van der Waals surface area contributed by atoms with Crippen molar-refractivity contribution in [2.45, 2.75) is 57.0 Å². The fraction of sp³-hybridized carbons (Fsp3) is 0.458. The summed E-state index contributed by atoms with van der Waals surface area (Å²) in [5, 5.41) is 9.24. The number of pyridine rings is 1. The third kappa shape index (κ3) is 3.41. The first-order chi connectivity index (χ1) is 15.0. The number of aromatic nitrogens is 1. The molecule has 5 rings (SSSR count). The highest BCUT2D eigenvalue weighted by molar-refractivity contribution is 5.75. The summed E-state index contributed by atoms with van der Waals surface area (Å²) in [5.41, 5.74) is 8.75. The third-order valence-corrected chi connectivity index (χ3v) is 6.49. The second-order valence-electron chi connectivity index (χ2n) is 8.83. The van der Waals surface area contributed by atoms with Crippen LogP contribution in [0.5, 0.6) is 5.75 Å². The second kappa shape index (κ2) is 7.54. The predicted octanol–water partition coefficient (Wildman–Crippen LogP) is 3.52. The van der Waals surface area contributed by atoms with Crippen molar-refractivity contribution < 1.29 is 14.2 Å². The highest BCUT2D eigenvalue weighted by Crippen LogP contribution is 2.53. The summed E-state index contributed by atoms with van der Waals surface area (Å²) in [6.07, 6.45) is 6.44. The van der Waals surface area contributed by atoms with Gasteiger partial charge in [-0.3, -0.25) is 4.98 Å². The Bertz CT molecular complexity index is 1080. The molecule has 1 fully saturated rings. The average Bonchev–Trinajstić information content (AvgIpc) is 3.16. The van der Waals surface area contributed by atoms with Crippen LogP contribution in [0.25, 0.3) is 11.1 Å². The molecule has 7 nitrogen and oxygen atoms in total. The molecule has 7 heteroatoms. The van der Waals surface area contributed by atoms with Crippen LogP contribution in [0.3, 0.4) is 0 Å². The van der Waals surface area contributed by atoms with Gasteiger partial charge >= 0.3 is 0 Å². The summed E-state index contributed by atoms with van der Waals surface area (Å²) in [6.45, 7) is 4.53. The number of fused-ring (bicyclic) bond motifs is 4. The molecule has 2 N–H and O–H groups in total. The molecule has 2 aromatic rings. The third-order valence-electron chi connectivity index (χ3n) is 6.49. The van der Waals surface area contributed by atoms with Crippen LogP contribution in [0.4, 0.5) is 0 Å². The topological polar surface area (TPSA) is 103 Å². The smallest absolute Gasteiger partial charge is 0.283 e. The number of nitrogens with zero attached hydrogens (tertiary/aromatic N) is 3. The minimum Gasteiger partial charge on any atom is -0.490 e. The highest BCUT2D eigenvalue weighted by Gasteiger charge is 2.55. The molecule has 2 unspecified atom stereocenters. The molecule has 0 saturated heterocycles. The maximum atomic E-state index is 9.24. The Labute approximate surface area is 181 Å². The summed E-state index contributed by atoms with van der Waals surface area (Å²) in [4.78, 5) is 9.06. The fourth-order valence-electron chi connectivity index (χ4n) is 5.20. The van der Waals surface area contributed by atoms with Crippen molar-refractivity contribution in [3.05, 3.63) is 47.8 Å². The molecule has 2 aliphatic heterocycles. The van der Waals surface area contributed by atoms with Crippen LogP contribution in [-0.4, -0.2) is 35.9 Å². The van der Waals surface area contributed by atoms with E-state index in [1.54, 1.807) is 12.4 Å². The van der Waals surface area contributed by atoms with E-state index in [1.165, 1.54) is 0 Å². The zero-order valence-electron chi connectivity index (χ0n) is 17.7. The van der Waals surface area contributed by atoms with Gasteiger partial charge in [-0.05, 0) is 56.9 Å². The Morgan fingerprint density at radius 2 is 2.10 bits per heavy atom. The molecular weight excluding hydrogens is 392 g/mol. The van der Waals surface area contributed by atoms with Crippen molar-refractivity contribution in [1.82, 2.24) is 4.98 Å². The van der Waals surface area contributed by atoms with E-state index in [0.717, 1.165) is 41.7 Å². The van der Waals surface area contributed by atoms with Gasteiger partial charge in [0.05, 0.1) is 17.8 Å². The number of aliphatic imine (C=N–C) groups is 1. The molecule has 1 spiro atoms. The molecule has 3 heterocycles. The van der Waals surface area contributed by atoms with Gasteiger partial charge in [0.1, 0.15) is 30.1 Å². The van der Waals surface area contributed by atoms with Crippen LogP contribution >= 0.6 is 0 Å². The second-order valence-corrected chi connectivity index (χ2v) is 8.83. The van der Waals surface area contributed by atoms with Gasteiger partial charge in [-0.2, -0.15) is 5.26 Å². The Hall–Kier alpha value is -3.11. The summed E-state index contributed by atoms with van der Waals surface area (Å²) in [7, 11) is 0. The van der Waals surface area contributed by atoms with Gasteiger partial charge in [0.25, 0.3) is 6.02 Å². The van der Waals surface area contributed by atoms with Crippen molar-refractivity contribution in [3.8, 4) is 22.9 Å². The summed E-state index contributed by atoms with van der Waals surface area (Å²) in [6, 6.07) is 10.3. The Balaban J connectivity index is 1.59. The molecule has 3 aliphatic rings. The van der Waals surface area contributed by atoms with Crippen molar-refractivity contribution in [3.63, 3.8) is 0 Å². The van der Waals surface area contributed by atoms with E-state index in [4.69, 9.17) is 24.9 Å². The lowest BCUT2D eigenvalue weighted by Gasteiger charge is -2.48. The zero-order valence-corrected chi connectivity index (χ0v) is 17.7. The number of amidine groups is 1. The average molecular weight is 418 g/mol. The maximum Gasteiger partial charge on any atom is 0.283 e. The molecule has 0 radical (unpaired) electrons. The lowest BCUT2D eigenvalue weighted by Crippen LogP contribution is -2.52. The number of hydrogen-bond acceptors (Lipinski definition) is 7. The normalized spacial score (nSPS) is 28.8. The molecule has 1 aromatic heterocycles. The molecule has 1 saturated carbocycles. The molecule has 4 atom stereocenters. The lowest BCUT2D eigenvalue weighted by molar-refractivity contribution is -0.0791. The van der Waals surface area contributed by atoms with Gasteiger partial charge in [-0.1, -0.05) is 6.07 Å². The molecule has 0 amide bonds. The SMILES string of the molecule is CC(C)OC1CCC2Oc3ccc(-c4cncc(C#N)c4)cc3[C@@]3(COC(N)=N3)[C@H]2C1. The van der Waals surface area contributed by atoms with Crippen LogP contribution in [0.15, 0.2) is 41.7 Å². The maximum absolute atomic E-state index is 9.24. The minimum absolute atomic E-state index is 0.0483. The summed E-state index contributed by atoms with van der Waals surface area (Å²) < 4.78 is 18.3. The lowest BCUT2D eigenvalue weighted by atomic mass is 9.67. The van der Waals surface area contributed by atoms with Crippen molar-refractivity contribution in [2.75, 3.05) is 6.61 Å². The highest BCUT2D eigenvalue weighted by atomic mass is 16.5. The van der Waals surface area contributed by atoms with Gasteiger partial charge < -0.3 is 19.9 Å². The van der Waals surface area contributed by atoms with E-state index >= 15 is 0 Å². The van der Waals surface area contributed by atoms with Crippen molar-refractivity contribution in [2.24, 2.45) is 16.6 Å². The quantitative estimate of drug-likeness (QED) is 0.818. The summed E-state index contributed by atoms with van der Waals surface area (Å²) >= 11 is 0. The first kappa shape index (κ1) is 19.8. The van der Waals surface area contributed by atoms with E-state index in [1.807, 2.05) is 18.2 Å². The van der Waals surface area contributed by atoms with E-state index in [2.05, 4.69) is 31.0 Å². The number of nitriles is 1. The number of nitrogens with two attached hydrogens (primary N) is 1. The zero-order chi connectivity index (χ0) is 21.6. The van der Waals surface area contributed by atoms with Crippen LogP contribution in [-0.2, 0) is 15.0 Å². The van der Waals surface area contributed by atoms with Gasteiger partial charge in [-0.15, -0.1) is 0 Å². The van der Waals surface area contributed by atoms with Crippen LogP contribution in [0.1, 0.15) is 44.2 Å². The molecule has 160 valence electrons. The number of rotatable bonds is 3. The Morgan fingerprint density at radius 1 is 1.23 bits per heavy atom. The Morgan fingerprint density at radius 3 is 2.84 bits per heavy atom. The first-order valence-electron chi connectivity index (χ1n) is 10.8. The van der Waals surface area contributed by atoms with Gasteiger partial charge in [0, 0.05) is 29.4 Å².